The van der Waals surface area contributed by atoms with E-state index in [4.69, 9.17) is 20.2 Å². The minimum atomic E-state index is -0.606. The maximum Gasteiger partial charge on any atom is 0.247 e. The lowest BCUT2D eigenvalue weighted by molar-refractivity contribution is -0.111. The maximum absolute atomic E-state index is 11.8. The predicted octanol–water partition coefficient (Wildman–Crippen LogP) is 3.34. The number of nitrogens with zero attached hydrogens (tertiary/aromatic N) is 3. The van der Waals surface area contributed by atoms with E-state index in [0.717, 1.165) is 23.1 Å². The van der Waals surface area contributed by atoms with Crippen molar-refractivity contribution < 1.29 is 14.3 Å². The highest BCUT2D eigenvalue weighted by Gasteiger charge is 2.34. The molecular formula is C28H29N7O3. The van der Waals surface area contributed by atoms with Crippen LogP contribution in [-0.2, 0) is 15.1 Å². The Labute approximate surface area is 220 Å². The number of anilines is 3. The zero-order chi connectivity index (χ0) is 26.5. The van der Waals surface area contributed by atoms with E-state index in [1.54, 1.807) is 31.6 Å². The van der Waals surface area contributed by atoms with Crippen molar-refractivity contribution >= 4 is 34.1 Å². The number of nitrogens with two attached hydrogens (primary N) is 1. The number of ether oxygens (including phenoxy) is 2. The summed E-state index contributed by atoms with van der Waals surface area (Å²) >= 11 is 0. The van der Waals surface area contributed by atoms with Crippen molar-refractivity contribution in [2.24, 2.45) is 5.73 Å². The van der Waals surface area contributed by atoms with Crippen LogP contribution in [0.4, 0.5) is 17.3 Å². The molecule has 1 amide bonds. The lowest BCUT2D eigenvalue weighted by Crippen LogP contribution is -2.51. The van der Waals surface area contributed by atoms with Gasteiger partial charge in [0.05, 0.1) is 30.6 Å². The third-order valence-corrected chi connectivity index (χ3v) is 6.47. The number of hydrogen-bond acceptors (Lipinski definition) is 9. The second-order valence-electron chi connectivity index (χ2n) is 8.82. The van der Waals surface area contributed by atoms with E-state index in [-0.39, 0.29) is 5.91 Å². The van der Waals surface area contributed by atoms with Crippen molar-refractivity contribution in [2.75, 3.05) is 44.0 Å². The van der Waals surface area contributed by atoms with Gasteiger partial charge in [-0.3, -0.25) is 9.78 Å². The Balaban J connectivity index is 1.48. The number of pyridine rings is 1. The molecule has 3 heterocycles. The molecule has 38 heavy (non-hydrogen) atoms. The number of aromatic nitrogens is 3. The summed E-state index contributed by atoms with van der Waals surface area (Å²) < 4.78 is 11.8. The van der Waals surface area contributed by atoms with E-state index >= 15 is 0 Å². The van der Waals surface area contributed by atoms with Gasteiger partial charge in [0.15, 0.2) is 0 Å². The van der Waals surface area contributed by atoms with E-state index < -0.39 is 5.60 Å². The van der Waals surface area contributed by atoms with E-state index in [1.807, 2.05) is 36.4 Å². The van der Waals surface area contributed by atoms with Crippen molar-refractivity contribution in [3.63, 3.8) is 0 Å². The van der Waals surface area contributed by atoms with Gasteiger partial charge < -0.3 is 31.2 Å². The molecule has 2 aromatic heterocycles. The summed E-state index contributed by atoms with van der Waals surface area (Å²) in [6, 6.07) is 15.1. The molecule has 0 spiro atoms. The Morgan fingerprint density at radius 2 is 2.16 bits per heavy atom. The van der Waals surface area contributed by atoms with Crippen molar-refractivity contribution in [1.82, 2.24) is 20.3 Å². The van der Waals surface area contributed by atoms with Gasteiger partial charge in [-0.2, -0.15) is 0 Å². The topological polar surface area (TPSA) is 136 Å². The van der Waals surface area contributed by atoms with Crippen LogP contribution in [0.1, 0.15) is 5.56 Å². The number of hydrogen-bond donors (Lipinski definition) is 4. The third kappa shape index (κ3) is 5.05. The number of para-hydroxylation sites is 1. The normalized spacial score (nSPS) is 17.1. The van der Waals surface area contributed by atoms with Gasteiger partial charge in [0.25, 0.3) is 0 Å². The number of carbonyl (C=O) groups is 1. The molecule has 1 aliphatic rings. The molecule has 1 aliphatic heterocycles. The smallest absolute Gasteiger partial charge is 0.247 e. The first kappa shape index (κ1) is 25.3. The van der Waals surface area contributed by atoms with Crippen molar-refractivity contribution in [3.8, 4) is 17.0 Å². The fraction of sp³-hybridized carbons (Fsp3) is 0.214. The van der Waals surface area contributed by atoms with Crippen molar-refractivity contribution in [2.45, 2.75) is 5.60 Å². The van der Waals surface area contributed by atoms with Gasteiger partial charge in [0, 0.05) is 48.7 Å². The number of morpholine rings is 1. The van der Waals surface area contributed by atoms with Crippen molar-refractivity contribution in [1.29, 1.82) is 0 Å². The molecule has 0 saturated carbocycles. The fourth-order valence-electron chi connectivity index (χ4n) is 4.46. The van der Waals surface area contributed by atoms with Gasteiger partial charge in [-0.25, -0.2) is 9.97 Å². The second kappa shape index (κ2) is 10.9. The number of carbonyl (C=O) groups excluding carboxylic acids is 1. The largest absolute Gasteiger partial charge is 0.495 e. The number of benzene rings is 2. The fourth-order valence-corrected chi connectivity index (χ4v) is 4.46. The summed E-state index contributed by atoms with van der Waals surface area (Å²) in [6.45, 7) is 5.85. The SMILES string of the molecule is C=CC(=O)Nc1ccnc(-c2cccc3cnc(Nc4ccc(C5(CN)CNCCO5)cc4OC)nc23)c1. The molecular weight excluding hydrogens is 482 g/mol. The van der Waals surface area contributed by atoms with Crippen molar-refractivity contribution in [3.05, 3.63) is 79.1 Å². The van der Waals surface area contributed by atoms with Crippen LogP contribution in [0.5, 0.6) is 5.75 Å². The standard InChI is InChI=1S/C28H29N7O3/c1-3-25(36)33-20-9-10-31-23(14-20)21-6-4-5-18-15-32-27(35-26(18)21)34-22-8-7-19(13-24(22)37-2)28(16-29)17-30-11-12-38-28/h3-10,13-15,30H,1,11-12,16-17,29H2,2H3,(H,31,33,36)(H,32,34,35). The first-order valence-electron chi connectivity index (χ1n) is 12.2. The highest BCUT2D eigenvalue weighted by Crippen LogP contribution is 2.35. The lowest BCUT2D eigenvalue weighted by atomic mass is 9.92. The Hall–Kier alpha value is -4.38. The molecule has 1 fully saturated rings. The average Bonchev–Trinajstić information content (AvgIpc) is 2.97. The van der Waals surface area contributed by atoms with Crippen LogP contribution in [0, 0.1) is 0 Å². The molecule has 1 unspecified atom stereocenters. The lowest BCUT2D eigenvalue weighted by Gasteiger charge is -2.37. The van der Waals surface area contributed by atoms with E-state index in [1.165, 1.54) is 6.08 Å². The molecule has 1 atom stereocenters. The molecule has 10 heteroatoms. The highest BCUT2D eigenvalue weighted by molar-refractivity contribution is 5.99. The summed E-state index contributed by atoms with van der Waals surface area (Å²) in [5.74, 6) is 0.725. The molecule has 5 N–H and O–H groups in total. The summed E-state index contributed by atoms with van der Waals surface area (Å²) in [6.07, 6.45) is 4.61. The van der Waals surface area contributed by atoms with Crippen LogP contribution >= 0.6 is 0 Å². The Morgan fingerprint density at radius 3 is 2.92 bits per heavy atom. The number of methoxy groups -OCH3 is 1. The van der Waals surface area contributed by atoms with Gasteiger partial charge in [-0.15, -0.1) is 0 Å². The zero-order valence-corrected chi connectivity index (χ0v) is 21.0. The summed E-state index contributed by atoms with van der Waals surface area (Å²) in [5, 5.41) is 10.2. The molecule has 1 saturated heterocycles. The van der Waals surface area contributed by atoms with E-state index in [9.17, 15) is 4.79 Å². The first-order chi connectivity index (χ1) is 18.5. The number of rotatable bonds is 8. The second-order valence-corrected chi connectivity index (χ2v) is 8.82. The quantitative estimate of drug-likeness (QED) is 0.263. The highest BCUT2D eigenvalue weighted by atomic mass is 16.5. The van der Waals surface area contributed by atoms with Gasteiger partial charge >= 0.3 is 0 Å². The number of nitrogens with one attached hydrogen (secondary N) is 3. The molecule has 5 rings (SSSR count). The maximum atomic E-state index is 11.8. The third-order valence-electron chi connectivity index (χ3n) is 6.47. The molecule has 2 aromatic carbocycles. The van der Waals surface area contributed by atoms with Crippen LogP contribution < -0.4 is 26.4 Å². The van der Waals surface area contributed by atoms with Gasteiger partial charge in [-0.05, 0) is 35.9 Å². The van der Waals surface area contributed by atoms with E-state index in [0.29, 0.717) is 54.0 Å². The van der Waals surface area contributed by atoms with Crippen LogP contribution in [0.25, 0.3) is 22.2 Å². The van der Waals surface area contributed by atoms with Crippen LogP contribution in [0.3, 0.4) is 0 Å². The Kier molecular flexibility index (Phi) is 7.27. The van der Waals surface area contributed by atoms with Gasteiger partial charge in [-0.1, -0.05) is 30.8 Å². The van der Waals surface area contributed by atoms with Crippen LogP contribution in [-0.4, -0.2) is 54.2 Å². The van der Waals surface area contributed by atoms with Crippen LogP contribution in [0.15, 0.2) is 73.6 Å². The first-order valence-corrected chi connectivity index (χ1v) is 12.2. The number of amides is 1. The molecule has 10 nitrogen and oxygen atoms in total. The van der Waals surface area contributed by atoms with Gasteiger partial charge in [0.2, 0.25) is 11.9 Å². The monoisotopic (exact) mass is 511 g/mol. The number of fused-ring (bicyclic) bond motifs is 1. The molecule has 4 aromatic rings. The molecule has 0 aliphatic carbocycles. The Morgan fingerprint density at radius 1 is 1.26 bits per heavy atom. The Bertz CT molecular complexity index is 1480. The van der Waals surface area contributed by atoms with E-state index in [2.05, 4.69) is 32.5 Å². The summed E-state index contributed by atoms with van der Waals surface area (Å²) in [4.78, 5) is 25.5. The summed E-state index contributed by atoms with van der Waals surface area (Å²) in [7, 11) is 1.61. The molecule has 0 radical (unpaired) electrons. The predicted molar refractivity (Wildman–Crippen MR) is 147 cm³/mol. The minimum Gasteiger partial charge on any atom is -0.495 e. The van der Waals surface area contributed by atoms with Gasteiger partial charge in [0.1, 0.15) is 11.4 Å². The minimum absolute atomic E-state index is 0.294. The van der Waals surface area contributed by atoms with Crippen LogP contribution in [0.2, 0.25) is 0 Å². The summed E-state index contributed by atoms with van der Waals surface area (Å²) in [5.41, 5.74) is 9.93. The average molecular weight is 512 g/mol. The molecule has 0 bridgehead atoms. The zero-order valence-electron chi connectivity index (χ0n) is 21.0. The molecule has 194 valence electrons.